The zero-order chi connectivity index (χ0) is 24.5. The van der Waals surface area contributed by atoms with Gasteiger partial charge in [-0.15, -0.1) is 11.3 Å². The molecule has 9 heteroatoms. The van der Waals surface area contributed by atoms with Crippen LogP contribution in [0.2, 0.25) is 0 Å². The number of rotatable bonds is 7. The maximum Gasteiger partial charge on any atom is 0.264 e. The molecular formula is C26H20F2N4O2S. The van der Waals surface area contributed by atoms with E-state index in [4.69, 9.17) is 10.5 Å². The standard InChI is InChI=1S/C26H20F2N4O2S/c1-15(18-6-2-3-7-19(18)25(27)28)34-22-12-23(35-24(22)26(29)33)32-14-31-20-11-16(8-9-21(20)32)17-5-4-10-30-13-17/h2-15,25H,1H3,(H2,29,33). The highest BCUT2D eigenvalue weighted by molar-refractivity contribution is 7.16. The first kappa shape index (κ1) is 22.7. The van der Waals surface area contributed by atoms with Gasteiger partial charge in [0.05, 0.1) is 11.0 Å². The molecule has 35 heavy (non-hydrogen) atoms. The molecule has 5 rings (SSSR count). The van der Waals surface area contributed by atoms with Crippen LogP contribution in [0, 0.1) is 0 Å². The third-order valence-electron chi connectivity index (χ3n) is 5.66. The monoisotopic (exact) mass is 490 g/mol. The second kappa shape index (κ2) is 9.27. The Morgan fingerprint density at radius 3 is 2.57 bits per heavy atom. The molecule has 6 nitrogen and oxygen atoms in total. The van der Waals surface area contributed by atoms with Crippen LogP contribution in [0.25, 0.3) is 27.2 Å². The van der Waals surface area contributed by atoms with Gasteiger partial charge < -0.3 is 10.5 Å². The molecule has 3 aromatic heterocycles. The molecule has 0 aliphatic rings. The molecule has 0 fully saturated rings. The second-order valence-electron chi connectivity index (χ2n) is 7.89. The van der Waals surface area contributed by atoms with Gasteiger partial charge in [0, 0.05) is 35.2 Å². The van der Waals surface area contributed by atoms with Crippen molar-refractivity contribution >= 4 is 28.3 Å². The zero-order valence-corrected chi connectivity index (χ0v) is 19.4. The number of hydrogen-bond acceptors (Lipinski definition) is 5. The molecule has 0 aliphatic carbocycles. The molecule has 1 unspecified atom stereocenters. The number of nitrogens with zero attached hydrogens (tertiary/aromatic N) is 3. The number of aromatic nitrogens is 3. The van der Waals surface area contributed by atoms with Gasteiger partial charge in [-0.1, -0.05) is 36.4 Å². The number of thiophene rings is 1. The van der Waals surface area contributed by atoms with Crippen molar-refractivity contribution in [2.24, 2.45) is 5.73 Å². The highest BCUT2D eigenvalue weighted by Crippen LogP contribution is 2.37. The summed E-state index contributed by atoms with van der Waals surface area (Å²) < 4.78 is 34.8. The Labute approximate surface area is 203 Å². The minimum absolute atomic E-state index is 0.110. The number of fused-ring (bicyclic) bond motifs is 1. The maximum absolute atomic E-state index is 13.5. The minimum atomic E-state index is -2.64. The van der Waals surface area contributed by atoms with Crippen LogP contribution in [-0.4, -0.2) is 20.4 Å². The van der Waals surface area contributed by atoms with Crippen LogP contribution in [0.3, 0.4) is 0 Å². The number of hydrogen-bond donors (Lipinski definition) is 1. The molecule has 1 amide bonds. The number of benzene rings is 2. The maximum atomic E-state index is 13.5. The van der Waals surface area contributed by atoms with E-state index in [0.29, 0.717) is 10.6 Å². The predicted octanol–water partition coefficient (Wildman–Crippen LogP) is 6.33. The van der Waals surface area contributed by atoms with Crippen molar-refractivity contribution in [2.75, 3.05) is 0 Å². The van der Waals surface area contributed by atoms with E-state index in [9.17, 15) is 13.6 Å². The van der Waals surface area contributed by atoms with Crippen LogP contribution in [0.15, 0.2) is 79.4 Å². The van der Waals surface area contributed by atoms with E-state index in [1.54, 1.807) is 49.9 Å². The first-order valence-electron chi connectivity index (χ1n) is 10.8. The fourth-order valence-electron chi connectivity index (χ4n) is 3.98. The number of nitrogens with two attached hydrogens (primary N) is 1. The van der Waals surface area contributed by atoms with Gasteiger partial charge in [-0.25, -0.2) is 13.8 Å². The summed E-state index contributed by atoms with van der Waals surface area (Å²) in [7, 11) is 0. The number of alkyl halides is 2. The lowest BCUT2D eigenvalue weighted by molar-refractivity contribution is 0.0997. The number of pyridine rings is 1. The number of ether oxygens (including phenoxy) is 1. The molecule has 2 aromatic carbocycles. The third-order valence-corrected chi connectivity index (χ3v) is 6.79. The van der Waals surface area contributed by atoms with E-state index in [-0.39, 0.29) is 16.2 Å². The summed E-state index contributed by atoms with van der Waals surface area (Å²) in [5.74, 6) is -0.420. The molecule has 3 heterocycles. The quantitative estimate of drug-likeness (QED) is 0.289. The van der Waals surface area contributed by atoms with E-state index >= 15 is 0 Å². The van der Waals surface area contributed by atoms with Crippen LogP contribution in [0.1, 0.15) is 40.3 Å². The predicted molar refractivity (Wildman–Crippen MR) is 131 cm³/mol. The summed E-state index contributed by atoms with van der Waals surface area (Å²) in [6.07, 6.45) is 1.81. The van der Waals surface area contributed by atoms with Gasteiger partial charge in [-0.2, -0.15) is 0 Å². The fraction of sp³-hybridized carbons (Fsp3) is 0.115. The van der Waals surface area contributed by atoms with Gasteiger partial charge in [0.2, 0.25) is 0 Å². The Balaban J connectivity index is 1.50. The summed E-state index contributed by atoms with van der Waals surface area (Å²) in [6.45, 7) is 1.66. The zero-order valence-electron chi connectivity index (χ0n) is 18.6. The van der Waals surface area contributed by atoms with Crippen LogP contribution in [0.4, 0.5) is 8.78 Å². The van der Waals surface area contributed by atoms with Crippen molar-refractivity contribution in [1.82, 2.24) is 14.5 Å². The third kappa shape index (κ3) is 4.38. The summed E-state index contributed by atoms with van der Waals surface area (Å²) in [4.78, 5) is 21.0. The van der Waals surface area contributed by atoms with Crippen molar-refractivity contribution in [3.05, 3.63) is 95.4 Å². The van der Waals surface area contributed by atoms with Gasteiger partial charge >= 0.3 is 0 Å². The Morgan fingerprint density at radius 1 is 1.06 bits per heavy atom. The van der Waals surface area contributed by atoms with Crippen LogP contribution in [-0.2, 0) is 0 Å². The normalized spacial score (nSPS) is 12.2. The molecule has 0 saturated heterocycles. The van der Waals surface area contributed by atoms with Crippen molar-refractivity contribution < 1.29 is 18.3 Å². The van der Waals surface area contributed by atoms with E-state index in [0.717, 1.165) is 33.5 Å². The van der Waals surface area contributed by atoms with Gasteiger partial charge in [0.1, 0.15) is 28.1 Å². The lowest BCUT2D eigenvalue weighted by Crippen LogP contribution is -2.12. The van der Waals surface area contributed by atoms with Crippen molar-refractivity contribution in [3.8, 4) is 21.9 Å². The van der Waals surface area contributed by atoms with Crippen molar-refractivity contribution in [3.63, 3.8) is 0 Å². The SMILES string of the molecule is CC(Oc1cc(-n2cnc3cc(-c4cccnc4)ccc32)sc1C(N)=O)c1ccccc1C(F)F. The Bertz CT molecular complexity index is 1510. The molecular weight excluding hydrogens is 470 g/mol. The second-order valence-corrected chi connectivity index (χ2v) is 8.92. The molecule has 0 aliphatic heterocycles. The topological polar surface area (TPSA) is 83.0 Å². The lowest BCUT2D eigenvalue weighted by Gasteiger charge is -2.18. The Hall–Kier alpha value is -4.11. The highest BCUT2D eigenvalue weighted by Gasteiger charge is 2.23. The number of amides is 1. The number of halogens is 2. The fourth-order valence-corrected chi connectivity index (χ4v) is 4.90. The lowest BCUT2D eigenvalue weighted by atomic mass is 10.0. The van der Waals surface area contributed by atoms with E-state index in [1.165, 1.54) is 6.07 Å². The van der Waals surface area contributed by atoms with Crippen LogP contribution in [0.5, 0.6) is 5.75 Å². The molecule has 5 aromatic rings. The molecule has 0 spiro atoms. The van der Waals surface area contributed by atoms with Gasteiger partial charge in [-0.3, -0.25) is 14.3 Å². The summed E-state index contributed by atoms with van der Waals surface area (Å²) in [5.41, 5.74) is 9.41. The van der Waals surface area contributed by atoms with Gasteiger partial charge in [0.15, 0.2) is 0 Å². The Kier molecular flexibility index (Phi) is 6.00. The van der Waals surface area contributed by atoms with Crippen molar-refractivity contribution in [1.29, 1.82) is 0 Å². The van der Waals surface area contributed by atoms with E-state index < -0.39 is 18.4 Å². The molecule has 0 saturated carbocycles. The van der Waals surface area contributed by atoms with E-state index in [1.807, 2.05) is 34.9 Å². The van der Waals surface area contributed by atoms with Crippen molar-refractivity contribution in [2.45, 2.75) is 19.5 Å². The molecule has 0 radical (unpaired) electrons. The van der Waals surface area contributed by atoms with Gasteiger partial charge in [0.25, 0.3) is 12.3 Å². The molecule has 176 valence electrons. The van der Waals surface area contributed by atoms with Gasteiger partial charge in [-0.05, 0) is 30.7 Å². The summed E-state index contributed by atoms with van der Waals surface area (Å²) >= 11 is 1.15. The van der Waals surface area contributed by atoms with Crippen LogP contribution >= 0.6 is 11.3 Å². The van der Waals surface area contributed by atoms with E-state index in [2.05, 4.69) is 9.97 Å². The number of primary amides is 1. The number of carbonyl (C=O) groups is 1. The number of imidazole rings is 1. The summed E-state index contributed by atoms with van der Waals surface area (Å²) in [5, 5.41) is 0.666. The summed E-state index contributed by atoms with van der Waals surface area (Å²) in [6, 6.07) is 17.6. The smallest absolute Gasteiger partial charge is 0.264 e. The number of carbonyl (C=O) groups excluding carboxylic acids is 1. The minimum Gasteiger partial charge on any atom is -0.484 e. The molecule has 0 bridgehead atoms. The Morgan fingerprint density at radius 2 is 1.86 bits per heavy atom. The first-order chi connectivity index (χ1) is 16.9. The molecule has 1 atom stereocenters. The largest absolute Gasteiger partial charge is 0.484 e. The first-order valence-corrected chi connectivity index (χ1v) is 11.6. The molecule has 2 N–H and O–H groups in total. The average Bonchev–Trinajstić information content (AvgIpc) is 3.48. The average molecular weight is 491 g/mol. The highest BCUT2D eigenvalue weighted by atomic mass is 32.1. The van der Waals surface area contributed by atoms with Crippen LogP contribution < -0.4 is 10.5 Å².